The van der Waals surface area contributed by atoms with E-state index in [1.165, 1.54) is 0 Å². The summed E-state index contributed by atoms with van der Waals surface area (Å²) in [7, 11) is 0. The van der Waals surface area contributed by atoms with Crippen LogP contribution >= 0.6 is 11.6 Å². The third-order valence-electron chi connectivity index (χ3n) is 1.78. The molecule has 0 radical (unpaired) electrons. The summed E-state index contributed by atoms with van der Waals surface area (Å²) in [5.74, 6) is -0.613. The lowest BCUT2D eigenvalue weighted by Gasteiger charge is -2.40. The van der Waals surface area contributed by atoms with E-state index in [-0.39, 0.29) is 0 Å². The van der Waals surface area contributed by atoms with E-state index in [4.69, 9.17) is 25.8 Å². The van der Waals surface area contributed by atoms with Crippen LogP contribution in [-0.2, 0) is 14.2 Å². The summed E-state index contributed by atoms with van der Waals surface area (Å²) < 4.78 is 15.5. The Hall–Kier alpha value is -0.320. The van der Waals surface area contributed by atoms with Crippen LogP contribution in [0.3, 0.4) is 0 Å². The third kappa shape index (κ3) is 3.14. The molecule has 1 saturated heterocycles. The van der Waals surface area contributed by atoms with Gasteiger partial charge in [0.15, 0.2) is 11.4 Å². The summed E-state index contributed by atoms with van der Waals surface area (Å²) in [6, 6.07) is 0. The van der Waals surface area contributed by atoms with Crippen molar-refractivity contribution in [2.45, 2.75) is 32.2 Å². The molecule has 1 aliphatic rings. The SMILES string of the molecule is CC1(OC(=O)Cl)COC(C)(C)OC1. The highest BCUT2D eigenvalue weighted by molar-refractivity contribution is 6.61. The van der Waals surface area contributed by atoms with Crippen molar-refractivity contribution in [3.8, 4) is 0 Å². The first-order chi connectivity index (χ1) is 5.83. The zero-order valence-electron chi connectivity index (χ0n) is 7.93. The minimum atomic E-state index is -0.839. The number of hydrogen-bond donors (Lipinski definition) is 0. The molecule has 4 nitrogen and oxygen atoms in total. The van der Waals surface area contributed by atoms with Gasteiger partial charge < -0.3 is 14.2 Å². The number of carbonyl (C=O) groups is 1. The molecule has 0 amide bonds. The van der Waals surface area contributed by atoms with Crippen LogP contribution in [0.5, 0.6) is 0 Å². The van der Waals surface area contributed by atoms with Crippen LogP contribution < -0.4 is 0 Å². The number of halogens is 1. The molecule has 0 atom stereocenters. The van der Waals surface area contributed by atoms with Crippen LogP contribution in [0.1, 0.15) is 20.8 Å². The van der Waals surface area contributed by atoms with Crippen molar-refractivity contribution < 1.29 is 19.0 Å². The minimum absolute atomic E-state index is 0.290. The maximum atomic E-state index is 10.5. The Labute approximate surface area is 82.1 Å². The normalized spacial score (nSPS) is 25.2. The van der Waals surface area contributed by atoms with Gasteiger partial charge in [0, 0.05) is 11.6 Å². The van der Waals surface area contributed by atoms with Crippen LogP contribution in [0.4, 0.5) is 4.79 Å². The standard InChI is InChI=1S/C8H13ClO4/c1-7(2)11-4-8(3,5-12-7)13-6(9)10/h4-5H2,1-3H3. The average Bonchev–Trinajstić information content (AvgIpc) is 1.95. The molecule has 1 heterocycles. The molecule has 0 aromatic rings. The van der Waals surface area contributed by atoms with Gasteiger partial charge in [-0.15, -0.1) is 0 Å². The predicted molar refractivity (Wildman–Crippen MR) is 46.7 cm³/mol. The van der Waals surface area contributed by atoms with Gasteiger partial charge in [-0.1, -0.05) is 0 Å². The Morgan fingerprint density at radius 2 is 1.77 bits per heavy atom. The molecule has 5 heteroatoms. The molecule has 0 bridgehead atoms. The van der Waals surface area contributed by atoms with Crippen molar-refractivity contribution in [3.05, 3.63) is 0 Å². The van der Waals surface area contributed by atoms with Crippen molar-refractivity contribution in [2.75, 3.05) is 13.2 Å². The number of rotatable bonds is 1. The Kier molecular flexibility index (Phi) is 2.85. The molecule has 76 valence electrons. The van der Waals surface area contributed by atoms with E-state index in [0.29, 0.717) is 13.2 Å². The van der Waals surface area contributed by atoms with Crippen LogP contribution in [0.2, 0.25) is 0 Å². The van der Waals surface area contributed by atoms with Crippen LogP contribution in [0, 0.1) is 0 Å². The van der Waals surface area contributed by atoms with Gasteiger partial charge in [-0.05, 0) is 20.8 Å². The summed E-state index contributed by atoms with van der Waals surface area (Å²) in [6.45, 7) is 5.89. The van der Waals surface area contributed by atoms with E-state index >= 15 is 0 Å². The summed E-state index contributed by atoms with van der Waals surface area (Å²) in [6.07, 6.45) is 0. The maximum Gasteiger partial charge on any atom is 0.404 e. The Morgan fingerprint density at radius 1 is 1.31 bits per heavy atom. The highest BCUT2D eigenvalue weighted by atomic mass is 35.5. The molecule has 0 saturated carbocycles. The molecule has 1 fully saturated rings. The van der Waals surface area contributed by atoms with Crippen LogP contribution in [0.25, 0.3) is 0 Å². The van der Waals surface area contributed by atoms with Gasteiger partial charge in [-0.25, -0.2) is 4.79 Å². The second kappa shape index (κ2) is 3.44. The summed E-state index contributed by atoms with van der Waals surface area (Å²) in [5.41, 5.74) is -1.61. The topological polar surface area (TPSA) is 44.8 Å². The Morgan fingerprint density at radius 3 is 2.15 bits per heavy atom. The van der Waals surface area contributed by atoms with Crippen molar-refractivity contribution in [2.24, 2.45) is 0 Å². The number of hydrogen-bond acceptors (Lipinski definition) is 4. The largest absolute Gasteiger partial charge is 0.442 e. The molecule has 0 aromatic carbocycles. The van der Waals surface area contributed by atoms with E-state index in [9.17, 15) is 4.79 Å². The van der Waals surface area contributed by atoms with Crippen LogP contribution in [-0.4, -0.2) is 30.0 Å². The fourth-order valence-corrected chi connectivity index (χ4v) is 1.18. The van der Waals surface area contributed by atoms with Gasteiger partial charge in [0.05, 0.1) is 13.2 Å². The first-order valence-electron chi connectivity index (χ1n) is 3.99. The molecule has 13 heavy (non-hydrogen) atoms. The smallest absolute Gasteiger partial charge is 0.404 e. The Balaban J connectivity index is 2.51. The van der Waals surface area contributed by atoms with Gasteiger partial charge in [-0.2, -0.15) is 0 Å². The van der Waals surface area contributed by atoms with Crippen molar-refractivity contribution in [1.29, 1.82) is 0 Å². The second-order valence-corrected chi connectivity index (χ2v) is 4.08. The van der Waals surface area contributed by atoms with Gasteiger partial charge in [0.1, 0.15) is 0 Å². The zero-order valence-corrected chi connectivity index (χ0v) is 8.68. The minimum Gasteiger partial charge on any atom is -0.442 e. The number of ether oxygens (including phenoxy) is 3. The van der Waals surface area contributed by atoms with E-state index in [2.05, 4.69) is 0 Å². The predicted octanol–water partition coefficient (Wildman–Crippen LogP) is 1.90. The number of carbonyl (C=O) groups excluding carboxylic acids is 1. The van der Waals surface area contributed by atoms with Crippen LogP contribution in [0.15, 0.2) is 0 Å². The van der Waals surface area contributed by atoms with Crippen molar-refractivity contribution in [1.82, 2.24) is 0 Å². The van der Waals surface area contributed by atoms with E-state index in [0.717, 1.165) is 0 Å². The van der Waals surface area contributed by atoms with E-state index < -0.39 is 16.8 Å². The van der Waals surface area contributed by atoms with Crippen molar-refractivity contribution in [3.63, 3.8) is 0 Å². The summed E-state index contributed by atoms with van der Waals surface area (Å²) in [5, 5.41) is 0. The summed E-state index contributed by atoms with van der Waals surface area (Å²) >= 11 is 5.10. The lowest BCUT2D eigenvalue weighted by Crippen LogP contribution is -2.51. The lowest BCUT2D eigenvalue weighted by atomic mass is 10.1. The lowest BCUT2D eigenvalue weighted by molar-refractivity contribution is -0.294. The fraction of sp³-hybridized carbons (Fsp3) is 0.875. The monoisotopic (exact) mass is 208 g/mol. The molecule has 0 aliphatic carbocycles. The van der Waals surface area contributed by atoms with E-state index in [1.54, 1.807) is 20.8 Å². The molecule has 0 N–H and O–H groups in total. The molecule has 0 aromatic heterocycles. The van der Waals surface area contributed by atoms with Gasteiger partial charge in [-0.3, -0.25) is 0 Å². The second-order valence-electron chi connectivity index (χ2n) is 3.77. The first-order valence-corrected chi connectivity index (χ1v) is 4.37. The third-order valence-corrected chi connectivity index (χ3v) is 1.85. The quantitative estimate of drug-likeness (QED) is 0.618. The zero-order chi connectivity index (χ0) is 10.1. The van der Waals surface area contributed by atoms with Crippen molar-refractivity contribution >= 4 is 17.0 Å². The first kappa shape index (κ1) is 10.8. The Bertz CT molecular complexity index is 204. The fourth-order valence-electron chi connectivity index (χ4n) is 0.989. The molecular weight excluding hydrogens is 196 g/mol. The molecule has 0 spiro atoms. The summed E-state index contributed by atoms with van der Waals surface area (Å²) in [4.78, 5) is 10.5. The highest BCUT2D eigenvalue weighted by Crippen LogP contribution is 2.26. The molecular formula is C8H13ClO4. The van der Waals surface area contributed by atoms with Gasteiger partial charge >= 0.3 is 5.43 Å². The molecule has 1 aliphatic heterocycles. The van der Waals surface area contributed by atoms with Gasteiger partial charge in [0.2, 0.25) is 0 Å². The average molecular weight is 209 g/mol. The molecule has 1 rings (SSSR count). The maximum absolute atomic E-state index is 10.5. The van der Waals surface area contributed by atoms with Gasteiger partial charge in [0.25, 0.3) is 0 Å². The van der Waals surface area contributed by atoms with E-state index in [1.807, 2.05) is 0 Å². The highest BCUT2D eigenvalue weighted by Gasteiger charge is 2.39. The molecule has 0 unspecified atom stereocenters.